The number of nitrogens with two attached hydrogens (primary N) is 1. The van der Waals surface area contributed by atoms with Crippen molar-refractivity contribution >= 4 is 31.6 Å². The number of rotatable bonds is 4. The molecule has 0 fully saturated rings. The van der Waals surface area contributed by atoms with Crippen molar-refractivity contribution in [3.05, 3.63) is 39.1 Å². The smallest absolute Gasteiger partial charge is 0.265 e. The molecule has 1 aromatic carbocycles. The summed E-state index contributed by atoms with van der Waals surface area (Å²) in [6, 6.07) is 3.72. The van der Waals surface area contributed by atoms with E-state index >= 15 is 0 Å². The first-order valence-corrected chi connectivity index (χ1v) is 8.57. The average molecular weight is 373 g/mol. The van der Waals surface area contributed by atoms with Gasteiger partial charge in [-0.05, 0) is 44.0 Å². The number of aromatic amines is 1. The fourth-order valence-electron chi connectivity index (χ4n) is 2.22. The van der Waals surface area contributed by atoms with Crippen LogP contribution in [0.5, 0.6) is 0 Å². The van der Waals surface area contributed by atoms with Gasteiger partial charge in [0.15, 0.2) is 0 Å². The van der Waals surface area contributed by atoms with Crippen molar-refractivity contribution in [1.29, 1.82) is 0 Å². The molecule has 0 aliphatic carbocycles. The predicted octanol–water partition coefficient (Wildman–Crippen LogP) is 2.36. The van der Waals surface area contributed by atoms with Crippen LogP contribution >= 0.6 is 15.9 Å². The average Bonchev–Trinajstić information content (AvgIpc) is 2.76. The summed E-state index contributed by atoms with van der Waals surface area (Å²) in [4.78, 5) is 0.117. The van der Waals surface area contributed by atoms with E-state index in [4.69, 9.17) is 5.73 Å². The molecule has 114 valence electrons. The molecule has 0 spiro atoms. The predicted molar refractivity (Wildman–Crippen MR) is 85.6 cm³/mol. The lowest BCUT2D eigenvalue weighted by molar-refractivity contribution is 0.599. The lowest BCUT2D eigenvalue weighted by Crippen LogP contribution is -2.17. The van der Waals surface area contributed by atoms with Crippen LogP contribution in [0.1, 0.15) is 22.5 Å². The molecule has 2 rings (SSSR count). The molecule has 0 saturated carbocycles. The molecule has 1 aromatic heterocycles. The molecule has 0 atom stereocenters. The minimum absolute atomic E-state index is 0.0544. The highest BCUT2D eigenvalue weighted by molar-refractivity contribution is 9.10. The van der Waals surface area contributed by atoms with Crippen LogP contribution in [0, 0.1) is 20.8 Å². The van der Waals surface area contributed by atoms with E-state index in [1.165, 1.54) is 0 Å². The molecule has 0 saturated heterocycles. The number of nitrogens with one attached hydrogen (secondary N) is 2. The van der Waals surface area contributed by atoms with E-state index in [-0.39, 0.29) is 11.4 Å². The summed E-state index contributed by atoms with van der Waals surface area (Å²) in [5.74, 6) is 0. The zero-order valence-corrected chi connectivity index (χ0v) is 14.4. The van der Waals surface area contributed by atoms with Crippen LogP contribution in [-0.4, -0.2) is 18.6 Å². The summed E-state index contributed by atoms with van der Waals surface area (Å²) in [5.41, 5.74) is 8.59. The molecular weight excluding hydrogens is 356 g/mol. The quantitative estimate of drug-likeness (QED) is 0.766. The summed E-state index contributed by atoms with van der Waals surface area (Å²) in [7, 11) is -3.74. The number of H-pyrrole nitrogens is 1. The molecule has 1 heterocycles. The van der Waals surface area contributed by atoms with Crippen molar-refractivity contribution in [1.82, 2.24) is 10.2 Å². The maximum absolute atomic E-state index is 12.6. The third-order valence-electron chi connectivity index (χ3n) is 3.16. The van der Waals surface area contributed by atoms with E-state index in [0.29, 0.717) is 17.1 Å². The van der Waals surface area contributed by atoms with E-state index in [9.17, 15) is 8.42 Å². The molecule has 0 radical (unpaired) electrons. The van der Waals surface area contributed by atoms with E-state index in [2.05, 4.69) is 30.8 Å². The second-order valence-corrected chi connectivity index (χ2v) is 7.38. The molecule has 4 N–H and O–H groups in total. The lowest BCUT2D eigenvalue weighted by Gasteiger charge is -2.14. The normalized spacial score (nSPS) is 11.7. The van der Waals surface area contributed by atoms with Crippen LogP contribution in [0.3, 0.4) is 0 Å². The highest BCUT2D eigenvalue weighted by Crippen LogP contribution is 2.28. The first kappa shape index (κ1) is 16.0. The van der Waals surface area contributed by atoms with Gasteiger partial charge in [0.25, 0.3) is 10.0 Å². The van der Waals surface area contributed by atoms with Gasteiger partial charge in [-0.15, -0.1) is 0 Å². The Hall–Kier alpha value is -1.38. The van der Waals surface area contributed by atoms with Crippen LogP contribution in [0.2, 0.25) is 0 Å². The minimum Gasteiger partial charge on any atom is -0.325 e. The van der Waals surface area contributed by atoms with E-state index in [1.54, 1.807) is 6.92 Å². The van der Waals surface area contributed by atoms with Crippen LogP contribution in [0.4, 0.5) is 5.69 Å². The number of anilines is 1. The molecular formula is C13H17BrN4O2S. The van der Waals surface area contributed by atoms with Gasteiger partial charge in [0, 0.05) is 11.0 Å². The first-order valence-electron chi connectivity index (χ1n) is 6.29. The van der Waals surface area contributed by atoms with Crippen molar-refractivity contribution in [2.75, 3.05) is 4.72 Å². The van der Waals surface area contributed by atoms with Gasteiger partial charge < -0.3 is 5.73 Å². The Kier molecular flexibility index (Phi) is 4.40. The number of aromatic nitrogens is 2. The van der Waals surface area contributed by atoms with Crippen LogP contribution in [-0.2, 0) is 16.6 Å². The Bertz CT molecular complexity index is 760. The zero-order chi connectivity index (χ0) is 15.8. The molecule has 0 aliphatic heterocycles. The van der Waals surface area contributed by atoms with Crippen LogP contribution in [0.25, 0.3) is 0 Å². The third-order valence-corrected chi connectivity index (χ3v) is 5.17. The third kappa shape index (κ3) is 3.12. The number of sulfonamides is 1. The minimum atomic E-state index is -3.74. The number of hydrogen-bond acceptors (Lipinski definition) is 4. The fourth-order valence-corrected chi connectivity index (χ4v) is 4.49. The molecule has 6 nitrogen and oxygen atoms in total. The van der Waals surface area contributed by atoms with Crippen LogP contribution < -0.4 is 10.5 Å². The van der Waals surface area contributed by atoms with Gasteiger partial charge in [0.2, 0.25) is 0 Å². The zero-order valence-electron chi connectivity index (χ0n) is 12.0. The Morgan fingerprint density at radius 3 is 2.38 bits per heavy atom. The topological polar surface area (TPSA) is 101 Å². The van der Waals surface area contributed by atoms with E-state index in [1.807, 2.05) is 26.0 Å². The fraction of sp³-hybridized carbons (Fsp3) is 0.308. The largest absolute Gasteiger partial charge is 0.325 e. The summed E-state index contributed by atoms with van der Waals surface area (Å²) in [6.07, 6.45) is 0. The van der Waals surface area contributed by atoms with Gasteiger partial charge in [-0.1, -0.05) is 15.9 Å². The Labute approximate surface area is 132 Å². The van der Waals surface area contributed by atoms with E-state index < -0.39 is 10.0 Å². The number of nitrogens with zero attached hydrogens (tertiary/aromatic N) is 1. The highest BCUT2D eigenvalue weighted by atomic mass is 79.9. The summed E-state index contributed by atoms with van der Waals surface area (Å²) in [6.45, 7) is 5.41. The second-order valence-electron chi connectivity index (χ2n) is 4.85. The van der Waals surface area contributed by atoms with Crippen molar-refractivity contribution in [3.8, 4) is 0 Å². The SMILES string of the molecule is Cc1cc(Br)cc(C)c1NS(=O)(=O)c1c(CN)n[nH]c1C. The highest BCUT2D eigenvalue weighted by Gasteiger charge is 2.24. The van der Waals surface area contributed by atoms with Gasteiger partial charge in [0.1, 0.15) is 4.90 Å². The summed E-state index contributed by atoms with van der Waals surface area (Å²) >= 11 is 3.39. The first-order chi connectivity index (χ1) is 9.76. The standard InChI is InChI=1S/C13H17BrN4O2S/c1-7-4-10(14)5-8(2)12(7)18-21(19,20)13-9(3)16-17-11(13)6-15/h4-5,18H,6,15H2,1-3H3,(H,16,17). The molecule has 21 heavy (non-hydrogen) atoms. The van der Waals surface area contributed by atoms with Crippen molar-refractivity contribution in [2.45, 2.75) is 32.2 Å². The van der Waals surface area contributed by atoms with E-state index in [0.717, 1.165) is 15.6 Å². The molecule has 0 unspecified atom stereocenters. The molecule has 2 aromatic rings. The number of hydrogen-bond donors (Lipinski definition) is 3. The summed E-state index contributed by atoms with van der Waals surface area (Å²) < 4.78 is 28.8. The number of benzene rings is 1. The van der Waals surface area contributed by atoms with Gasteiger partial charge in [-0.3, -0.25) is 9.82 Å². The van der Waals surface area contributed by atoms with Crippen LogP contribution in [0.15, 0.2) is 21.5 Å². The van der Waals surface area contributed by atoms with Crippen molar-refractivity contribution < 1.29 is 8.42 Å². The lowest BCUT2D eigenvalue weighted by atomic mass is 10.1. The number of halogens is 1. The van der Waals surface area contributed by atoms with Crippen molar-refractivity contribution in [2.24, 2.45) is 5.73 Å². The molecule has 8 heteroatoms. The Morgan fingerprint density at radius 2 is 1.86 bits per heavy atom. The molecule has 0 amide bonds. The van der Waals surface area contributed by atoms with Gasteiger partial charge in [-0.2, -0.15) is 5.10 Å². The summed E-state index contributed by atoms with van der Waals surface area (Å²) in [5, 5.41) is 6.59. The van der Waals surface area contributed by atoms with Gasteiger partial charge >= 0.3 is 0 Å². The maximum Gasteiger partial charge on any atom is 0.265 e. The maximum atomic E-state index is 12.6. The molecule has 0 bridgehead atoms. The monoisotopic (exact) mass is 372 g/mol. The van der Waals surface area contributed by atoms with Gasteiger partial charge in [0.05, 0.1) is 17.1 Å². The van der Waals surface area contributed by atoms with Gasteiger partial charge in [-0.25, -0.2) is 8.42 Å². The number of aryl methyl sites for hydroxylation is 3. The van der Waals surface area contributed by atoms with Crippen molar-refractivity contribution in [3.63, 3.8) is 0 Å². The molecule has 0 aliphatic rings. The Balaban J connectivity index is 2.50. The second kappa shape index (κ2) is 5.78. The Morgan fingerprint density at radius 1 is 1.29 bits per heavy atom.